The predicted molar refractivity (Wildman–Crippen MR) is 109 cm³/mol. The molecule has 0 saturated carbocycles. The molecule has 1 aliphatic rings. The number of carbonyl (C=O) groups excluding carboxylic acids is 2. The number of nitrogens with one attached hydrogen (secondary N) is 2. The number of benzene rings is 2. The normalized spacial score (nSPS) is 13.6. The maximum atomic E-state index is 12.6. The molecule has 1 aliphatic heterocycles. The van der Waals surface area contributed by atoms with E-state index in [-0.39, 0.29) is 24.2 Å². The number of aromatic nitrogens is 2. The minimum absolute atomic E-state index is 0.0815. The topological polar surface area (TPSA) is 91.6 Å². The van der Waals surface area contributed by atoms with Crippen LogP contribution < -0.4 is 15.8 Å². The van der Waals surface area contributed by atoms with Gasteiger partial charge in [-0.3, -0.25) is 20.0 Å². The van der Waals surface area contributed by atoms with Crippen LogP contribution in [0, 0.1) is 0 Å². The van der Waals surface area contributed by atoms with Gasteiger partial charge in [-0.15, -0.1) is 0 Å². The second-order valence-corrected chi connectivity index (χ2v) is 6.53. The zero-order valence-corrected chi connectivity index (χ0v) is 15.7. The Morgan fingerprint density at radius 1 is 1.07 bits per heavy atom. The molecular weight excluding hydrogens is 368 g/mol. The molecule has 29 heavy (non-hydrogen) atoms. The fraction of sp³-hybridized carbons (Fsp3) is 0.143. The Balaban J connectivity index is 1.42. The van der Waals surface area contributed by atoms with Gasteiger partial charge in [0.2, 0.25) is 5.84 Å². The molecule has 0 spiro atoms. The summed E-state index contributed by atoms with van der Waals surface area (Å²) in [7, 11) is 0. The highest BCUT2D eigenvalue weighted by Crippen LogP contribution is 2.14. The second-order valence-electron chi connectivity index (χ2n) is 6.53. The molecule has 0 fully saturated rings. The first kappa shape index (κ1) is 18.4. The van der Waals surface area contributed by atoms with Crippen molar-refractivity contribution in [3.63, 3.8) is 0 Å². The summed E-state index contributed by atoms with van der Waals surface area (Å²) in [6, 6.07) is 17.0. The molecule has 2 aromatic carbocycles. The lowest BCUT2D eigenvalue weighted by Crippen LogP contribution is -2.55. The van der Waals surface area contributed by atoms with E-state index >= 15 is 0 Å². The summed E-state index contributed by atoms with van der Waals surface area (Å²) >= 11 is 0. The Bertz CT molecular complexity index is 1030. The third-order valence-corrected chi connectivity index (χ3v) is 4.54. The number of anilines is 1. The summed E-state index contributed by atoms with van der Waals surface area (Å²) in [4.78, 5) is 32.9. The summed E-state index contributed by atoms with van der Waals surface area (Å²) in [6.07, 6.45) is 5.38. The fourth-order valence-corrected chi connectivity index (χ4v) is 3.05. The van der Waals surface area contributed by atoms with Crippen molar-refractivity contribution in [2.75, 3.05) is 11.6 Å². The first-order chi connectivity index (χ1) is 14.2. The van der Waals surface area contributed by atoms with Crippen molar-refractivity contribution in [3.05, 3.63) is 84.4 Å². The zero-order valence-electron chi connectivity index (χ0n) is 15.7. The summed E-state index contributed by atoms with van der Waals surface area (Å²) < 4.78 is 1.97. The van der Waals surface area contributed by atoms with Crippen molar-refractivity contribution in [3.8, 4) is 0 Å². The average molecular weight is 388 g/mol. The molecule has 2 heterocycles. The van der Waals surface area contributed by atoms with Gasteiger partial charge in [-0.25, -0.2) is 9.99 Å². The zero-order chi connectivity index (χ0) is 20.1. The number of hydrazine groups is 1. The maximum absolute atomic E-state index is 12.6. The number of imidazole rings is 1. The third kappa shape index (κ3) is 4.32. The minimum Gasteiger partial charge on any atom is -0.345 e. The average Bonchev–Trinajstić information content (AvgIpc) is 3.27. The van der Waals surface area contributed by atoms with E-state index in [0.717, 1.165) is 11.1 Å². The number of amides is 2. The number of para-hydroxylation sites is 1. The van der Waals surface area contributed by atoms with Gasteiger partial charge in [0.1, 0.15) is 6.54 Å². The van der Waals surface area contributed by atoms with E-state index in [1.54, 1.807) is 24.7 Å². The molecule has 8 heteroatoms. The van der Waals surface area contributed by atoms with Crippen molar-refractivity contribution < 1.29 is 9.59 Å². The molecule has 0 saturated heterocycles. The Morgan fingerprint density at radius 2 is 1.83 bits per heavy atom. The van der Waals surface area contributed by atoms with Gasteiger partial charge >= 0.3 is 0 Å². The van der Waals surface area contributed by atoms with Crippen LogP contribution in [0.3, 0.4) is 0 Å². The Hall–Kier alpha value is -3.94. The van der Waals surface area contributed by atoms with Crippen LogP contribution in [0.15, 0.2) is 78.3 Å². The lowest BCUT2D eigenvalue weighted by molar-refractivity contribution is -0.118. The lowest BCUT2D eigenvalue weighted by atomic mass is 10.1. The lowest BCUT2D eigenvalue weighted by Gasteiger charge is -2.27. The van der Waals surface area contributed by atoms with E-state index in [2.05, 4.69) is 20.7 Å². The van der Waals surface area contributed by atoms with Crippen LogP contribution in [-0.4, -0.2) is 33.7 Å². The molecule has 0 aliphatic carbocycles. The van der Waals surface area contributed by atoms with Gasteiger partial charge in [-0.1, -0.05) is 42.5 Å². The summed E-state index contributed by atoms with van der Waals surface area (Å²) in [5.41, 5.74) is 5.56. The van der Waals surface area contributed by atoms with Crippen LogP contribution in [0.1, 0.15) is 11.1 Å². The molecule has 1 aromatic heterocycles. The van der Waals surface area contributed by atoms with E-state index < -0.39 is 0 Å². The molecular formula is C21H20N6O2. The molecule has 4 rings (SSSR count). The molecule has 2 N–H and O–H groups in total. The Morgan fingerprint density at radius 3 is 2.59 bits per heavy atom. The molecule has 3 aromatic rings. The van der Waals surface area contributed by atoms with Gasteiger partial charge in [0.15, 0.2) is 0 Å². The van der Waals surface area contributed by atoms with E-state index in [0.29, 0.717) is 18.8 Å². The quantitative estimate of drug-likeness (QED) is 0.669. The standard InChI is InChI=1S/C21H20N6O2/c28-19-13-23-20(25-27(19)18-8-2-1-3-9-18)21(29)24-12-16-6-4-5-7-17(16)14-26-11-10-22-15-26/h1-11,15H,12-14H2,(H,23,25)(H,24,29). The summed E-state index contributed by atoms with van der Waals surface area (Å²) in [5, 5.41) is 4.22. The maximum Gasteiger partial charge on any atom is 0.288 e. The Kier molecular flexibility index (Phi) is 5.33. The Labute approximate surface area is 167 Å². The highest BCUT2D eigenvalue weighted by molar-refractivity contribution is 6.39. The molecule has 0 atom stereocenters. The number of aliphatic imine (C=N–C) groups is 1. The number of hydrogen-bond acceptors (Lipinski definition) is 5. The van der Waals surface area contributed by atoms with Crippen LogP contribution in [-0.2, 0) is 22.7 Å². The molecule has 2 amide bonds. The van der Waals surface area contributed by atoms with Gasteiger partial charge in [-0.2, -0.15) is 0 Å². The van der Waals surface area contributed by atoms with Gasteiger partial charge < -0.3 is 9.88 Å². The fourth-order valence-electron chi connectivity index (χ4n) is 3.05. The molecule has 0 radical (unpaired) electrons. The van der Waals surface area contributed by atoms with Crippen molar-refractivity contribution >= 4 is 23.3 Å². The summed E-state index contributed by atoms with van der Waals surface area (Å²) in [5.74, 6) is -0.477. The largest absolute Gasteiger partial charge is 0.345 e. The van der Waals surface area contributed by atoms with Gasteiger partial charge in [0.05, 0.1) is 12.0 Å². The highest BCUT2D eigenvalue weighted by atomic mass is 16.2. The SMILES string of the molecule is O=C(NCc1ccccc1Cn1ccnc1)C1=NCC(=O)N(c2ccccc2)N1. The first-order valence-electron chi connectivity index (χ1n) is 9.20. The number of rotatable bonds is 6. The van der Waals surface area contributed by atoms with Crippen molar-refractivity contribution in [2.45, 2.75) is 13.1 Å². The molecule has 0 bridgehead atoms. The molecule has 146 valence electrons. The number of nitrogens with zero attached hydrogens (tertiary/aromatic N) is 4. The van der Waals surface area contributed by atoms with E-state index in [1.807, 2.05) is 53.2 Å². The van der Waals surface area contributed by atoms with Crippen molar-refractivity contribution in [1.29, 1.82) is 0 Å². The minimum atomic E-state index is -0.365. The number of hydrogen-bond donors (Lipinski definition) is 2. The second kappa shape index (κ2) is 8.39. The summed E-state index contributed by atoms with van der Waals surface area (Å²) in [6.45, 7) is 0.938. The van der Waals surface area contributed by atoms with Crippen LogP contribution >= 0.6 is 0 Å². The third-order valence-electron chi connectivity index (χ3n) is 4.54. The van der Waals surface area contributed by atoms with E-state index in [9.17, 15) is 9.59 Å². The van der Waals surface area contributed by atoms with Crippen LogP contribution in [0.25, 0.3) is 0 Å². The van der Waals surface area contributed by atoms with Gasteiger partial charge in [-0.05, 0) is 23.3 Å². The number of amidine groups is 1. The van der Waals surface area contributed by atoms with Crippen molar-refractivity contribution in [1.82, 2.24) is 20.3 Å². The van der Waals surface area contributed by atoms with E-state index in [4.69, 9.17) is 0 Å². The predicted octanol–water partition coefficient (Wildman–Crippen LogP) is 1.50. The number of carbonyl (C=O) groups is 2. The van der Waals surface area contributed by atoms with E-state index in [1.165, 1.54) is 5.01 Å². The first-order valence-corrected chi connectivity index (χ1v) is 9.20. The molecule has 8 nitrogen and oxygen atoms in total. The van der Waals surface area contributed by atoms with Crippen LogP contribution in [0.4, 0.5) is 5.69 Å². The van der Waals surface area contributed by atoms with Crippen LogP contribution in [0.2, 0.25) is 0 Å². The van der Waals surface area contributed by atoms with Gasteiger partial charge in [0.25, 0.3) is 11.8 Å². The van der Waals surface area contributed by atoms with Crippen LogP contribution in [0.5, 0.6) is 0 Å². The molecule has 0 unspecified atom stereocenters. The highest BCUT2D eigenvalue weighted by Gasteiger charge is 2.25. The monoisotopic (exact) mass is 388 g/mol. The smallest absolute Gasteiger partial charge is 0.288 e. The van der Waals surface area contributed by atoms with Gasteiger partial charge in [0, 0.05) is 25.5 Å². The van der Waals surface area contributed by atoms with Crippen molar-refractivity contribution in [2.24, 2.45) is 4.99 Å².